The van der Waals surface area contributed by atoms with E-state index in [9.17, 15) is 4.79 Å². The van der Waals surface area contributed by atoms with Gasteiger partial charge in [0, 0.05) is 6.42 Å². The van der Waals surface area contributed by atoms with Crippen molar-refractivity contribution in [3.63, 3.8) is 0 Å². The molecule has 0 rings (SSSR count). The lowest BCUT2D eigenvalue weighted by atomic mass is 10.1. The van der Waals surface area contributed by atoms with Crippen molar-refractivity contribution >= 4 is 5.78 Å². The molecule has 0 aromatic carbocycles. The fourth-order valence-corrected chi connectivity index (χ4v) is 1.37. The summed E-state index contributed by atoms with van der Waals surface area (Å²) in [7, 11) is 0. The summed E-state index contributed by atoms with van der Waals surface area (Å²) in [6, 6.07) is 0. The van der Waals surface area contributed by atoms with Gasteiger partial charge in [-0.1, -0.05) is 38.3 Å². The second-order valence-electron chi connectivity index (χ2n) is 3.91. The molecule has 0 aromatic heterocycles. The molecular weight excluding hydrogens is 172 g/mol. The minimum absolute atomic E-state index is 0.323. The fraction of sp³-hybridized carbons (Fsp3) is 0.769. The van der Waals surface area contributed by atoms with Gasteiger partial charge in [-0.3, -0.25) is 0 Å². The zero-order chi connectivity index (χ0) is 10.6. The van der Waals surface area contributed by atoms with Gasteiger partial charge in [-0.25, -0.2) is 0 Å². The molecule has 14 heavy (non-hydrogen) atoms. The minimum Gasteiger partial charge on any atom is -0.300 e. The molecule has 0 aliphatic carbocycles. The summed E-state index contributed by atoms with van der Waals surface area (Å²) in [5.74, 6) is 0.323. The normalized spacial score (nSPS) is 11.0. The highest BCUT2D eigenvalue weighted by atomic mass is 16.1. The molecule has 82 valence electrons. The Labute approximate surface area is 88.6 Å². The zero-order valence-electron chi connectivity index (χ0n) is 9.72. The van der Waals surface area contributed by atoms with E-state index >= 15 is 0 Å². The van der Waals surface area contributed by atoms with E-state index in [0.29, 0.717) is 5.78 Å². The van der Waals surface area contributed by atoms with Gasteiger partial charge in [-0.05, 0) is 32.6 Å². The SMILES string of the molecule is CCCC/C=C\CCCCCC(C)=O. The second kappa shape index (κ2) is 10.5. The van der Waals surface area contributed by atoms with E-state index in [2.05, 4.69) is 19.1 Å². The Balaban J connectivity index is 3.05. The highest BCUT2D eigenvalue weighted by molar-refractivity contribution is 5.75. The van der Waals surface area contributed by atoms with Gasteiger partial charge in [0.15, 0.2) is 0 Å². The van der Waals surface area contributed by atoms with Gasteiger partial charge in [0.05, 0.1) is 0 Å². The van der Waals surface area contributed by atoms with Crippen molar-refractivity contribution in [3.8, 4) is 0 Å². The van der Waals surface area contributed by atoms with Crippen LogP contribution < -0.4 is 0 Å². The first-order valence-electron chi connectivity index (χ1n) is 5.91. The monoisotopic (exact) mass is 196 g/mol. The molecule has 0 atom stereocenters. The summed E-state index contributed by atoms with van der Waals surface area (Å²) in [6.07, 6.45) is 13.8. The van der Waals surface area contributed by atoms with Crippen LogP contribution in [0.15, 0.2) is 12.2 Å². The van der Waals surface area contributed by atoms with E-state index in [1.807, 2.05) is 0 Å². The number of rotatable bonds is 9. The lowest BCUT2D eigenvalue weighted by molar-refractivity contribution is -0.117. The van der Waals surface area contributed by atoms with Gasteiger partial charge >= 0.3 is 0 Å². The van der Waals surface area contributed by atoms with Crippen molar-refractivity contribution in [1.29, 1.82) is 0 Å². The molecule has 1 heteroatoms. The summed E-state index contributed by atoms with van der Waals surface area (Å²) < 4.78 is 0. The average molecular weight is 196 g/mol. The molecule has 0 saturated heterocycles. The van der Waals surface area contributed by atoms with E-state index in [1.54, 1.807) is 6.92 Å². The summed E-state index contributed by atoms with van der Waals surface area (Å²) in [5, 5.41) is 0. The predicted molar refractivity (Wildman–Crippen MR) is 62.4 cm³/mol. The lowest BCUT2D eigenvalue weighted by Gasteiger charge is -1.95. The Morgan fingerprint density at radius 1 is 1.00 bits per heavy atom. The van der Waals surface area contributed by atoms with Crippen LogP contribution in [-0.2, 0) is 4.79 Å². The van der Waals surface area contributed by atoms with Crippen LogP contribution >= 0.6 is 0 Å². The van der Waals surface area contributed by atoms with E-state index < -0.39 is 0 Å². The third-order valence-electron chi connectivity index (χ3n) is 2.29. The number of carbonyl (C=O) groups excluding carboxylic acids is 1. The molecule has 0 aliphatic rings. The third-order valence-corrected chi connectivity index (χ3v) is 2.29. The standard InChI is InChI=1S/C13H24O/c1-3-4-5-6-7-8-9-10-11-12-13(2)14/h6-7H,3-5,8-12H2,1-2H3/b7-6-. The number of hydrogen-bond acceptors (Lipinski definition) is 1. The molecule has 0 aliphatic heterocycles. The second-order valence-corrected chi connectivity index (χ2v) is 3.91. The minimum atomic E-state index is 0.323. The van der Waals surface area contributed by atoms with Crippen LogP contribution in [0.4, 0.5) is 0 Å². The Hall–Kier alpha value is -0.590. The highest BCUT2D eigenvalue weighted by Crippen LogP contribution is 2.05. The molecular formula is C13H24O. The number of allylic oxidation sites excluding steroid dienone is 2. The van der Waals surface area contributed by atoms with E-state index in [4.69, 9.17) is 0 Å². The number of hydrogen-bond donors (Lipinski definition) is 0. The highest BCUT2D eigenvalue weighted by Gasteiger charge is 1.92. The molecule has 0 spiro atoms. The first kappa shape index (κ1) is 13.4. The Morgan fingerprint density at radius 3 is 2.21 bits per heavy atom. The summed E-state index contributed by atoms with van der Waals surface area (Å²) in [4.78, 5) is 10.6. The third kappa shape index (κ3) is 11.4. The molecule has 0 bridgehead atoms. The van der Waals surface area contributed by atoms with Crippen LogP contribution in [0.1, 0.15) is 65.2 Å². The summed E-state index contributed by atoms with van der Waals surface area (Å²) >= 11 is 0. The number of unbranched alkanes of at least 4 members (excludes halogenated alkanes) is 5. The number of ketones is 1. The predicted octanol–water partition coefficient (Wildman–Crippen LogP) is 4.27. The van der Waals surface area contributed by atoms with Crippen molar-refractivity contribution in [2.24, 2.45) is 0 Å². The largest absolute Gasteiger partial charge is 0.300 e. The topological polar surface area (TPSA) is 17.1 Å². The van der Waals surface area contributed by atoms with E-state index in [-0.39, 0.29) is 0 Å². The average Bonchev–Trinajstić information content (AvgIpc) is 2.15. The maximum absolute atomic E-state index is 10.6. The zero-order valence-corrected chi connectivity index (χ0v) is 9.72. The molecule has 0 aromatic rings. The molecule has 0 N–H and O–H groups in total. The first-order valence-corrected chi connectivity index (χ1v) is 5.91. The van der Waals surface area contributed by atoms with Gasteiger partial charge in [-0.2, -0.15) is 0 Å². The van der Waals surface area contributed by atoms with E-state index in [0.717, 1.165) is 12.8 Å². The van der Waals surface area contributed by atoms with Gasteiger partial charge < -0.3 is 4.79 Å². The van der Waals surface area contributed by atoms with Gasteiger partial charge in [0.25, 0.3) is 0 Å². The smallest absolute Gasteiger partial charge is 0.129 e. The first-order chi connectivity index (χ1) is 6.77. The number of carbonyl (C=O) groups is 1. The quantitative estimate of drug-likeness (QED) is 0.397. The lowest BCUT2D eigenvalue weighted by Crippen LogP contribution is -1.88. The summed E-state index contributed by atoms with van der Waals surface area (Å²) in [6.45, 7) is 3.89. The Bertz CT molecular complexity index is 159. The van der Waals surface area contributed by atoms with Crippen LogP contribution in [0.25, 0.3) is 0 Å². The van der Waals surface area contributed by atoms with Crippen molar-refractivity contribution in [3.05, 3.63) is 12.2 Å². The maximum Gasteiger partial charge on any atom is 0.129 e. The molecule has 1 nitrogen and oxygen atoms in total. The molecule has 0 fully saturated rings. The van der Waals surface area contributed by atoms with E-state index in [1.165, 1.54) is 38.5 Å². The molecule has 0 radical (unpaired) electrons. The van der Waals surface area contributed by atoms with Crippen molar-refractivity contribution in [2.75, 3.05) is 0 Å². The van der Waals surface area contributed by atoms with Gasteiger partial charge in [0.2, 0.25) is 0 Å². The number of Topliss-reactive ketones (excluding diaryl/α,β-unsaturated/α-hetero) is 1. The van der Waals surface area contributed by atoms with Crippen molar-refractivity contribution in [2.45, 2.75) is 65.2 Å². The fourth-order valence-electron chi connectivity index (χ4n) is 1.37. The van der Waals surface area contributed by atoms with Gasteiger partial charge in [0.1, 0.15) is 5.78 Å². The Kier molecular flexibility index (Phi) is 10.0. The van der Waals surface area contributed by atoms with Crippen LogP contribution in [0.2, 0.25) is 0 Å². The van der Waals surface area contributed by atoms with Crippen molar-refractivity contribution < 1.29 is 4.79 Å². The summed E-state index contributed by atoms with van der Waals surface area (Å²) in [5.41, 5.74) is 0. The van der Waals surface area contributed by atoms with Crippen LogP contribution in [0.3, 0.4) is 0 Å². The maximum atomic E-state index is 10.6. The van der Waals surface area contributed by atoms with Gasteiger partial charge in [-0.15, -0.1) is 0 Å². The Morgan fingerprint density at radius 2 is 1.64 bits per heavy atom. The molecule has 0 saturated carbocycles. The molecule has 0 amide bonds. The van der Waals surface area contributed by atoms with Crippen LogP contribution in [0, 0.1) is 0 Å². The molecule has 0 unspecified atom stereocenters. The van der Waals surface area contributed by atoms with Crippen molar-refractivity contribution in [1.82, 2.24) is 0 Å². The van der Waals surface area contributed by atoms with Crippen LogP contribution in [-0.4, -0.2) is 5.78 Å². The van der Waals surface area contributed by atoms with Crippen LogP contribution in [0.5, 0.6) is 0 Å². The molecule has 0 heterocycles.